The van der Waals surface area contributed by atoms with E-state index in [0.29, 0.717) is 22.7 Å². The van der Waals surface area contributed by atoms with E-state index in [9.17, 15) is 9.59 Å². The highest BCUT2D eigenvalue weighted by molar-refractivity contribution is 6.00. The Balaban J connectivity index is 1.58. The Labute approximate surface area is 215 Å². The zero-order chi connectivity index (χ0) is 26.4. The molecular weight excluding hydrogens is 468 g/mol. The van der Waals surface area contributed by atoms with Crippen LogP contribution in [0.3, 0.4) is 0 Å². The molecule has 1 aliphatic carbocycles. The number of hydrogen-bond acceptors (Lipinski definition) is 6. The maximum absolute atomic E-state index is 13.4. The van der Waals surface area contributed by atoms with Gasteiger partial charge in [0.1, 0.15) is 16.7 Å². The van der Waals surface area contributed by atoms with E-state index in [-0.39, 0.29) is 11.3 Å². The molecule has 1 aliphatic rings. The van der Waals surface area contributed by atoms with Crippen LogP contribution in [0.25, 0.3) is 33.6 Å². The van der Waals surface area contributed by atoms with Gasteiger partial charge in [0.2, 0.25) is 11.7 Å². The van der Waals surface area contributed by atoms with Crippen molar-refractivity contribution in [2.75, 3.05) is 12.4 Å². The number of ether oxygens (including phenoxy) is 1. The van der Waals surface area contributed by atoms with E-state index in [4.69, 9.17) is 9.15 Å². The molecule has 8 nitrogen and oxygen atoms in total. The van der Waals surface area contributed by atoms with Crippen LogP contribution in [0.15, 0.2) is 63.8 Å². The number of furan rings is 1. The number of carbonyl (C=O) groups is 1. The van der Waals surface area contributed by atoms with Gasteiger partial charge in [-0.1, -0.05) is 54.6 Å². The Morgan fingerprint density at radius 2 is 1.73 bits per heavy atom. The van der Waals surface area contributed by atoms with E-state index < -0.39 is 17.2 Å². The Morgan fingerprint density at radius 3 is 2.30 bits per heavy atom. The number of benzene rings is 2. The lowest BCUT2D eigenvalue weighted by molar-refractivity contribution is 0.0377. The van der Waals surface area contributed by atoms with Crippen molar-refractivity contribution in [1.29, 1.82) is 0 Å². The molecule has 0 unspecified atom stereocenters. The van der Waals surface area contributed by atoms with Gasteiger partial charge in [-0.2, -0.15) is 4.98 Å². The third-order valence-electron chi connectivity index (χ3n) is 6.87. The van der Waals surface area contributed by atoms with Crippen LogP contribution >= 0.6 is 0 Å². The summed E-state index contributed by atoms with van der Waals surface area (Å²) in [6.45, 7) is 5.57. The lowest BCUT2D eigenvalue weighted by Crippen LogP contribution is -2.52. The number of anilines is 1. The molecule has 8 heteroatoms. The minimum atomic E-state index is -0.563. The molecular formula is C29H32N4O4. The molecule has 2 N–H and O–H groups in total. The van der Waals surface area contributed by atoms with Crippen LogP contribution in [0.5, 0.6) is 0 Å². The highest BCUT2D eigenvalue weighted by atomic mass is 16.6. The predicted molar refractivity (Wildman–Crippen MR) is 145 cm³/mol. The van der Waals surface area contributed by atoms with Crippen molar-refractivity contribution in [2.24, 2.45) is 7.05 Å². The van der Waals surface area contributed by atoms with E-state index >= 15 is 0 Å². The molecule has 37 heavy (non-hydrogen) atoms. The molecule has 1 amide bonds. The standard InChI is InChI=1S/C29H32N4O4/c1-28(2,3)37-27(35)32-29(16-9-17-29)20-14-12-19(13-15-20)23-21(18-10-7-6-8-11-18)22-24(36-23)31-26(30-4)33(5)25(22)34/h6-8,10-15H,9,16-17H2,1-5H3,(H,30,31)(H,32,35). The average Bonchev–Trinajstić information content (AvgIpc) is 3.23. The summed E-state index contributed by atoms with van der Waals surface area (Å²) >= 11 is 0. The normalized spacial score (nSPS) is 14.7. The molecule has 0 aliphatic heterocycles. The first-order chi connectivity index (χ1) is 17.6. The van der Waals surface area contributed by atoms with Gasteiger partial charge in [-0.3, -0.25) is 9.36 Å². The lowest BCUT2D eigenvalue weighted by atomic mass is 9.71. The third kappa shape index (κ3) is 4.48. The van der Waals surface area contributed by atoms with Crippen molar-refractivity contribution < 1.29 is 13.9 Å². The van der Waals surface area contributed by atoms with E-state index in [2.05, 4.69) is 15.6 Å². The first-order valence-electron chi connectivity index (χ1n) is 12.5. The molecule has 0 atom stereocenters. The molecule has 0 radical (unpaired) electrons. The average molecular weight is 501 g/mol. The maximum atomic E-state index is 13.4. The fourth-order valence-electron chi connectivity index (χ4n) is 4.89. The molecule has 2 heterocycles. The van der Waals surface area contributed by atoms with Gasteiger partial charge < -0.3 is 19.8 Å². The number of hydrogen-bond donors (Lipinski definition) is 2. The molecule has 2 aromatic carbocycles. The monoisotopic (exact) mass is 500 g/mol. The smallest absolute Gasteiger partial charge is 0.408 e. The van der Waals surface area contributed by atoms with Crippen molar-refractivity contribution >= 4 is 23.1 Å². The van der Waals surface area contributed by atoms with Crippen molar-refractivity contribution in [1.82, 2.24) is 14.9 Å². The fourth-order valence-corrected chi connectivity index (χ4v) is 4.89. The summed E-state index contributed by atoms with van der Waals surface area (Å²) in [5.41, 5.74) is 2.50. The molecule has 5 rings (SSSR count). The van der Waals surface area contributed by atoms with Gasteiger partial charge >= 0.3 is 6.09 Å². The van der Waals surface area contributed by atoms with Gasteiger partial charge in [0, 0.05) is 25.2 Å². The number of fused-ring (bicyclic) bond motifs is 1. The van der Waals surface area contributed by atoms with E-state index in [1.54, 1.807) is 14.1 Å². The molecule has 192 valence electrons. The Hall–Kier alpha value is -4.07. The largest absolute Gasteiger partial charge is 0.444 e. The van der Waals surface area contributed by atoms with Crippen molar-refractivity contribution in [2.45, 2.75) is 51.2 Å². The van der Waals surface area contributed by atoms with Gasteiger partial charge in [0.05, 0.1) is 5.54 Å². The SMILES string of the molecule is CNc1nc2oc(-c3ccc(C4(NC(=O)OC(C)(C)C)CCC4)cc3)c(-c3ccccc3)c2c(=O)n1C. The first kappa shape index (κ1) is 24.6. The Bertz CT molecular complexity index is 1510. The molecule has 2 aromatic heterocycles. The summed E-state index contributed by atoms with van der Waals surface area (Å²) in [6.07, 6.45) is 2.31. The van der Waals surface area contributed by atoms with Gasteiger partial charge in [-0.05, 0) is 51.2 Å². The van der Waals surface area contributed by atoms with Crippen LogP contribution in [-0.2, 0) is 17.3 Å². The number of carbonyl (C=O) groups excluding carboxylic acids is 1. The van der Waals surface area contributed by atoms with E-state index in [1.165, 1.54) is 4.57 Å². The molecule has 0 saturated heterocycles. The summed E-state index contributed by atoms with van der Waals surface area (Å²) < 4.78 is 13.2. The van der Waals surface area contributed by atoms with Crippen LogP contribution < -0.4 is 16.2 Å². The van der Waals surface area contributed by atoms with Gasteiger partial charge in [0.25, 0.3) is 5.56 Å². The summed E-state index contributed by atoms with van der Waals surface area (Å²) in [5, 5.41) is 6.49. The van der Waals surface area contributed by atoms with Crippen LogP contribution in [-0.4, -0.2) is 28.3 Å². The summed E-state index contributed by atoms with van der Waals surface area (Å²) in [4.78, 5) is 30.5. The van der Waals surface area contributed by atoms with Crippen molar-refractivity contribution in [3.05, 3.63) is 70.5 Å². The quantitative estimate of drug-likeness (QED) is 0.359. The predicted octanol–water partition coefficient (Wildman–Crippen LogP) is 5.81. The number of nitrogens with one attached hydrogen (secondary N) is 2. The second-order valence-electron chi connectivity index (χ2n) is 10.5. The summed E-state index contributed by atoms with van der Waals surface area (Å²) in [5.74, 6) is 1.00. The van der Waals surface area contributed by atoms with E-state index in [1.807, 2.05) is 75.4 Å². The number of alkyl carbamates (subject to hydrolysis) is 1. The minimum absolute atomic E-state index is 0.185. The Kier molecular flexibility index (Phi) is 6.06. The molecule has 4 aromatic rings. The molecule has 0 bridgehead atoms. The van der Waals surface area contributed by atoms with Crippen LogP contribution in [0.4, 0.5) is 10.7 Å². The maximum Gasteiger partial charge on any atom is 0.408 e. The van der Waals surface area contributed by atoms with Crippen molar-refractivity contribution in [3.8, 4) is 22.5 Å². The molecule has 1 saturated carbocycles. The van der Waals surface area contributed by atoms with Gasteiger partial charge in [0.15, 0.2) is 0 Å². The number of nitrogens with zero attached hydrogens (tertiary/aromatic N) is 2. The highest BCUT2D eigenvalue weighted by Crippen LogP contribution is 2.43. The highest BCUT2D eigenvalue weighted by Gasteiger charge is 2.41. The second-order valence-corrected chi connectivity index (χ2v) is 10.5. The summed E-state index contributed by atoms with van der Waals surface area (Å²) in [6, 6.07) is 17.7. The molecule has 1 fully saturated rings. The van der Waals surface area contributed by atoms with Gasteiger partial charge in [-0.15, -0.1) is 0 Å². The zero-order valence-electron chi connectivity index (χ0n) is 21.8. The number of amides is 1. The number of rotatable bonds is 5. The first-order valence-corrected chi connectivity index (χ1v) is 12.5. The fraction of sp³-hybridized carbons (Fsp3) is 0.345. The van der Waals surface area contributed by atoms with E-state index in [0.717, 1.165) is 36.0 Å². The van der Waals surface area contributed by atoms with Crippen LogP contribution in [0, 0.1) is 0 Å². The molecule has 0 spiro atoms. The summed E-state index contributed by atoms with van der Waals surface area (Å²) in [7, 11) is 3.41. The minimum Gasteiger partial charge on any atom is -0.444 e. The number of aromatic nitrogens is 2. The van der Waals surface area contributed by atoms with Crippen molar-refractivity contribution in [3.63, 3.8) is 0 Å². The lowest BCUT2D eigenvalue weighted by Gasteiger charge is -2.43. The topological polar surface area (TPSA) is 98.4 Å². The third-order valence-corrected chi connectivity index (χ3v) is 6.87. The van der Waals surface area contributed by atoms with Crippen LogP contribution in [0.1, 0.15) is 45.6 Å². The second kappa shape index (κ2) is 9.10. The van der Waals surface area contributed by atoms with Gasteiger partial charge in [-0.25, -0.2) is 4.79 Å². The van der Waals surface area contributed by atoms with Crippen LogP contribution in [0.2, 0.25) is 0 Å². The zero-order valence-corrected chi connectivity index (χ0v) is 21.8. The Morgan fingerprint density at radius 1 is 1.05 bits per heavy atom.